The Morgan fingerprint density at radius 2 is 1.47 bits per heavy atom. The summed E-state index contributed by atoms with van der Waals surface area (Å²) >= 11 is 0. The largest absolute Gasteiger partial charge is 0.497 e. The van der Waals surface area contributed by atoms with Crippen LogP contribution in [0, 0.1) is 0 Å². The van der Waals surface area contributed by atoms with Crippen molar-refractivity contribution in [2.24, 2.45) is 0 Å². The Kier molecular flexibility index (Phi) is 10.9. The molecule has 3 aromatic rings. The maximum absolute atomic E-state index is 12.6. The van der Waals surface area contributed by atoms with Crippen LogP contribution in [0.15, 0.2) is 66.7 Å². The zero-order valence-electron chi connectivity index (χ0n) is 22.6. The van der Waals surface area contributed by atoms with Gasteiger partial charge in [-0.25, -0.2) is 4.79 Å². The number of benzene rings is 3. The summed E-state index contributed by atoms with van der Waals surface area (Å²) in [7, 11) is 6.14. The number of para-hydroxylation sites is 2. The van der Waals surface area contributed by atoms with Gasteiger partial charge in [0.2, 0.25) is 0 Å². The lowest BCUT2D eigenvalue weighted by atomic mass is 10.0. The van der Waals surface area contributed by atoms with Crippen molar-refractivity contribution < 1.29 is 33.3 Å². The fraction of sp³-hybridized carbons (Fsp3) is 0.300. The first-order chi connectivity index (χ1) is 18.5. The number of methoxy groups -OCH3 is 4. The number of nitrogens with zero attached hydrogens (tertiary/aromatic N) is 1. The number of carbonyl (C=O) groups is 1. The molecular weight excluding hydrogens is 486 g/mol. The van der Waals surface area contributed by atoms with E-state index in [9.17, 15) is 4.79 Å². The first-order valence-corrected chi connectivity index (χ1v) is 12.3. The molecular formula is C30H35NO7. The van der Waals surface area contributed by atoms with Crippen molar-refractivity contribution in [2.75, 3.05) is 48.1 Å². The monoisotopic (exact) mass is 521 g/mol. The van der Waals surface area contributed by atoms with E-state index in [1.165, 1.54) is 7.11 Å². The quantitative estimate of drug-likeness (QED) is 0.0904. The highest BCUT2D eigenvalue weighted by Gasteiger charge is 2.14. The van der Waals surface area contributed by atoms with E-state index in [1.807, 2.05) is 72.7 Å². The Morgan fingerprint density at radius 3 is 2.05 bits per heavy atom. The van der Waals surface area contributed by atoms with Crippen LogP contribution in [0.4, 0.5) is 0 Å². The van der Waals surface area contributed by atoms with Crippen molar-refractivity contribution >= 4 is 17.6 Å². The van der Waals surface area contributed by atoms with Gasteiger partial charge in [-0.1, -0.05) is 24.3 Å². The third kappa shape index (κ3) is 7.91. The maximum atomic E-state index is 12.6. The lowest BCUT2D eigenvalue weighted by Gasteiger charge is -2.22. The van der Waals surface area contributed by atoms with Crippen molar-refractivity contribution in [1.29, 1.82) is 0 Å². The zero-order valence-corrected chi connectivity index (χ0v) is 22.6. The summed E-state index contributed by atoms with van der Waals surface area (Å²) in [5.41, 5.74) is 1.85. The second-order valence-corrected chi connectivity index (χ2v) is 8.19. The van der Waals surface area contributed by atoms with E-state index in [-0.39, 0.29) is 0 Å². The molecule has 0 aliphatic rings. The summed E-state index contributed by atoms with van der Waals surface area (Å²) in [6.07, 6.45) is 2.50. The van der Waals surface area contributed by atoms with Gasteiger partial charge in [-0.2, -0.15) is 0 Å². The topological polar surface area (TPSA) is 75.7 Å². The van der Waals surface area contributed by atoms with Gasteiger partial charge in [-0.05, 0) is 66.9 Å². The van der Waals surface area contributed by atoms with E-state index in [0.29, 0.717) is 59.6 Å². The molecule has 3 aromatic carbocycles. The van der Waals surface area contributed by atoms with Gasteiger partial charge in [0.25, 0.3) is 0 Å². The minimum atomic E-state index is -0.449. The van der Waals surface area contributed by atoms with Gasteiger partial charge in [-0.3, -0.25) is 0 Å². The van der Waals surface area contributed by atoms with Gasteiger partial charge in [0.15, 0.2) is 11.5 Å². The normalized spacial score (nSPS) is 11.2. The molecule has 0 N–H and O–H groups in total. The molecule has 0 saturated heterocycles. The summed E-state index contributed by atoms with van der Waals surface area (Å²) < 4.78 is 27.0. The van der Waals surface area contributed by atoms with E-state index in [1.54, 1.807) is 33.5 Å². The van der Waals surface area contributed by atoms with E-state index in [4.69, 9.17) is 28.5 Å². The number of esters is 1. The van der Waals surface area contributed by atoms with E-state index >= 15 is 0 Å². The number of hydrogen-bond donors (Lipinski definition) is 0. The minimum absolute atomic E-state index is 0.404. The van der Waals surface area contributed by atoms with Crippen molar-refractivity contribution in [2.45, 2.75) is 13.3 Å². The van der Waals surface area contributed by atoms with Crippen LogP contribution in [0.25, 0.3) is 11.6 Å². The van der Waals surface area contributed by atoms with Gasteiger partial charge in [0.05, 0.1) is 40.6 Å². The molecule has 3 rings (SSSR count). The van der Waals surface area contributed by atoms with Crippen LogP contribution >= 0.6 is 0 Å². The number of carbonyl (C=O) groups excluding carboxylic acids is 1. The third-order valence-corrected chi connectivity index (χ3v) is 5.73. The summed E-state index contributed by atoms with van der Waals surface area (Å²) in [5.74, 6) is 2.87. The molecule has 0 aliphatic carbocycles. The summed E-state index contributed by atoms with van der Waals surface area (Å²) in [5, 5.41) is 1.87. The maximum Gasteiger partial charge on any atom is 0.338 e. The van der Waals surface area contributed by atoms with E-state index in [0.717, 1.165) is 12.0 Å². The van der Waals surface area contributed by atoms with Crippen LogP contribution in [-0.4, -0.2) is 59.2 Å². The van der Waals surface area contributed by atoms with Crippen LogP contribution in [0.1, 0.15) is 24.5 Å². The predicted molar refractivity (Wildman–Crippen MR) is 147 cm³/mol. The van der Waals surface area contributed by atoms with Gasteiger partial charge in [-0.15, -0.1) is 5.06 Å². The lowest BCUT2D eigenvalue weighted by molar-refractivity contribution is -0.133. The first kappa shape index (κ1) is 28.4. The van der Waals surface area contributed by atoms with Gasteiger partial charge >= 0.3 is 5.97 Å². The van der Waals surface area contributed by atoms with E-state index < -0.39 is 5.97 Å². The van der Waals surface area contributed by atoms with Gasteiger partial charge in [0, 0.05) is 19.2 Å². The van der Waals surface area contributed by atoms with Gasteiger partial charge < -0.3 is 28.5 Å². The Morgan fingerprint density at radius 1 is 0.816 bits per heavy atom. The highest BCUT2D eigenvalue weighted by atomic mass is 16.7. The van der Waals surface area contributed by atoms with Crippen LogP contribution in [0.2, 0.25) is 0 Å². The van der Waals surface area contributed by atoms with Crippen molar-refractivity contribution in [3.63, 3.8) is 0 Å². The molecule has 0 aromatic heterocycles. The average Bonchev–Trinajstić information content (AvgIpc) is 2.97. The molecule has 8 heteroatoms. The summed E-state index contributed by atoms with van der Waals surface area (Å²) in [6.45, 7) is 3.94. The Bertz CT molecular complexity index is 1190. The second-order valence-electron chi connectivity index (χ2n) is 8.19. The highest BCUT2D eigenvalue weighted by molar-refractivity contribution is 6.21. The number of hydrogen-bond acceptors (Lipinski definition) is 8. The second kappa shape index (κ2) is 14.5. The SMILES string of the molecule is CCN(CCCOc1ccc(/C(=C/c2cc(OC)cc(OC)c2)C(=O)OC)cc1)Oc1ccccc1OC. The summed E-state index contributed by atoms with van der Waals surface area (Å²) in [6, 6.07) is 20.3. The molecule has 0 heterocycles. The molecule has 202 valence electrons. The van der Waals surface area contributed by atoms with Gasteiger partial charge in [0.1, 0.15) is 17.2 Å². The molecule has 0 saturated carbocycles. The molecule has 8 nitrogen and oxygen atoms in total. The number of ether oxygens (including phenoxy) is 5. The molecule has 0 amide bonds. The Labute approximate surface area is 224 Å². The highest BCUT2D eigenvalue weighted by Crippen LogP contribution is 2.28. The van der Waals surface area contributed by atoms with Crippen LogP contribution in [0.5, 0.6) is 28.7 Å². The van der Waals surface area contributed by atoms with Crippen LogP contribution < -0.4 is 23.8 Å². The third-order valence-electron chi connectivity index (χ3n) is 5.73. The predicted octanol–water partition coefficient (Wildman–Crippen LogP) is 5.51. The van der Waals surface area contributed by atoms with E-state index in [2.05, 4.69) is 0 Å². The fourth-order valence-corrected chi connectivity index (χ4v) is 3.71. The smallest absolute Gasteiger partial charge is 0.338 e. The molecule has 0 bridgehead atoms. The molecule has 38 heavy (non-hydrogen) atoms. The Hall–Kier alpha value is -4.17. The molecule has 0 fully saturated rings. The molecule has 0 atom stereocenters. The Balaban J connectivity index is 1.62. The molecule has 0 unspecified atom stereocenters. The molecule has 0 aliphatic heterocycles. The van der Waals surface area contributed by atoms with Crippen molar-refractivity contribution in [3.8, 4) is 28.7 Å². The van der Waals surface area contributed by atoms with Crippen molar-refractivity contribution in [1.82, 2.24) is 5.06 Å². The summed E-state index contributed by atoms with van der Waals surface area (Å²) in [4.78, 5) is 18.6. The zero-order chi connectivity index (χ0) is 27.3. The number of rotatable bonds is 14. The number of hydroxylamine groups is 2. The lowest BCUT2D eigenvalue weighted by Crippen LogP contribution is -2.29. The average molecular weight is 522 g/mol. The fourth-order valence-electron chi connectivity index (χ4n) is 3.71. The van der Waals surface area contributed by atoms with Crippen LogP contribution in [0.3, 0.4) is 0 Å². The van der Waals surface area contributed by atoms with Crippen molar-refractivity contribution in [3.05, 3.63) is 77.9 Å². The molecule has 0 spiro atoms. The minimum Gasteiger partial charge on any atom is -0.497 e. The standard InChI is InChI=1S/C30H35NO7/c1-6-31(38-29-11-8-7-10-28(29)35-4)16-9-17-37-24-14-12-23(13-15-24)27(30(32)36-5)20-22-18-25(33-2)21-26(19-22)34-3/h7-8,10-15,18-21H,6,9,16-17H2,1-5H3/b27-20-. The molecule has 0 radical (unpaired) electrons. The first-order valence-electron chi connectivity index (χ1n) is 12.3. The van der Waals surface area contributed by atoms with Crippen LogP contribution in [-0.2, 0) is 9.53 Å².